The average molecular weight is 297 g/mol. The summed E-state index contributed by atoms with van der Waals surface area (Å²) in [6, 6.07) is -0.0761. The van der Waals surface area contributed by atoms with Gasteiger partial charge in [0.05, 0.1) is 18.8 Å². The number of hydrogen-bond acceptors (Lipinski definition) is 7. The molecule has 2 rings (SSSR count). The van der Waals surface area contributed by atoms with E-state index in [-0.39, 0.29) is 6.04 Å². The van der Waals surface area contributed by atoms with E-state index in [0.717, 1.165) is 19.3 Å². The van der Waals surface area contributed by atoms with Gasteiger partial charge in [-0.1, -0.05) is 11.8 Å². The molecule has 110 valence electrons. The fourth-order valence-electron chi connectivity index (χ4n) is 2.22. The Labute approximate surface area is 122 Å². The molecule has 2 atom stereocenters. The molecule has 0 aromatic carbocycles. The van der Waals surface area contributed by atoms with Crippen LogP contribution in [0.1, 0.15) is 36.5 Å². The zero-order valence-electron chi connectivity index (χ0n) is 11.6. The summed E-state index contributed by atoms with van der Waals surface area (Å²) in [6.07, 6.45) is 5.54. The molecule has 1 aliphatic carbocycles. The van der Waals surface area contributed by atoms with E-state index in [4.69, 9.17) is 4.74 Å². The molecular weight excluding hydrogens is 278 g/mol. The fraction of sp³-hybridized carbons (Fsp3) is 0.615. The first kappa shape index (κ1) is 15.1. The van der Waals surface area contributed by atoms with Crippen LogP contribution in [0.25, 0.3) is 0 Å². The number of aliphatic hydroxyl groups is 1. The first-order valence-corrected chi connectivity index (χ1v) is 7.91. The lowest BCUT2D eigenvalue weighted by Gasteiger charge is -2.19. The van der Waals surface area contributed by atoms with Crippen LogP contribution < -0.4 is 5.32 Å². The monoisotopic (exact) mass is 297 g/mol. The van der Waals surface area contributed by atoms with Crippen LogP contribution in [0.2, 0.25) is 0 Å². The number of nitrogens with zero attached hydrogens (tertiary/aromatic N) is 2. The molecule has 1 heterocycles. The van der Waals surface area contributed by atoms with Crippen LogP contribution in [0.3, 0.4) is 0 Å². The van der Waals surface area contributed by atoms with E-state index < -0.39 is 12.1 Å². The van der Waals surface area contributed by atoms with E-state index in [0.29, 0.717) is 23.1 Å². The quantitative estimate of drug-likeness (QED) is 0.486. The molecule has 0 radical (unpaired) electrons. The van der Waals surface area contributed by atoms with Crippen molar-refractivity contribution in [3.05, 3.63) is 11.8 Å². The van der Waals surface area contributed by atoms with E-state index in [1.807, 2.05) is 6.26 Å². The number of thioether (sulfide) groups is 1. The molecular formula is C13H19N3O3S. The number of nitrogens with one attached hydrogen (secondary N) is 1. The summed E-state index contributed by atoms with van der Waals surface area (Å²) in [7, 11) is 0. The van der Waals surface area contributed by atoms with Crippen molar-refractivity contribution in [3.8, 4) is 0 Å². The highest BCUT2D eigenvalue weighted by Crippen LogP contribution is 2.25. The van der Waals surface area contributed by atoms with Crippen LogP contribution in [0.5, 0.6) is 0 Å². The Bertz CT molecular complexity index is 484. The second-order valence-electron chi connectivity index (χ2n) is 4.59. The Balaban J connectivity index is 2.24. The summed E-state index contributed by atoms with van der Waals surface area (Å²) >= 11 is 1.40. The predicted octanol–water partition coefficient (Wildman–Crippen LogP) is 1.70. The second kappa shape index (κ2) is 6.90. The Morgan fingerprint density at radius 2 is 2.40 bits per heavy atom. The third-order valence-corrected chi connectivity index (χ3v) is 3.81. The lowest BCUT2D eigenvalue weighted by atomic mass is 10.2. The first-order valence-electron chi connectivity index (χ1n) is 6.68. The maximum atomic E-state index is 11.9. The summed E-state index contributed by atoms with van der Waals surface area (Å²) in [6.45, 7) is 2.05. The standard InChI is InChI=1S/C13H19N3O3S/c1-3-19-12(18)8-7-14-13(20-2)16-11(8)15-9-5-4-6-10(9)17/h7,9-10,17H,3-6H2,1-2H3,(H,14,15,16). The molecule has 20 heavy (non-hydrogen) atoms. The van der Waals surface area contributed by atoms with Gasteiger partial charge in [-0.05, 0) is 32.4 Å². The molecule has 0 aliphatic heterocycles. The fourth-order valence-corrected chi connectivity index (χ4v) is 2.56. The highest BCUT2D eigenvalue weighted by molar-refractivity contribution is 7.98. The van der Waals surface area contributed by atoms with Crippen LogP contribution in [-0.4, -0.2) is 46.1 Å². The zero-order chi connectivity index (χ0) is 14.5. The number of esters is 1. The molecule has 1 aromatic heterocycles. The molecule has 2 unspecified atom stereocenters. The lowest BCUT2D eigenvalue weighted by molar-refractivity contribution is 0.0526. The number of carbonyl (C=O) groups is 1. The minimum atomic E-state index is -0.449. The van der Waals surface area contributed by atoms with Crippen molar-refractivity contribution in [2.75, 3.05) is 18.2 Å². The van der Waals surface area contributed by atoms with E-state index in [2.05, 4.69) is 15.3 Å². The van der Waals surface area contributed by atoms with Crippen LogP contribution in [0, 0.1) is 0 Å². The predicted molar refractivity (Wildman–Crippen MR) is 77.0 cm³/mol. The Morgan fingerprint density at radius 1 is 1.60 bits per heavy atom. The number of aromatic nitrogens is 2. The van der Waals surface area contributed by atoms with Gasteiger partial charge in [-0.25, -0.2) is 14.8 Å². The molecule has 7 heteroatoms. The average Bonchev–Trinajstić information content (AvgIpc) is 2.84. The van der Waals surface area contributed by atoms with Crippen molar-refractivity contribution in [1.29, 1.82) is 0 Å². The summed E-state index contributed by atoms with van der Waals surface area (Å²) in [5, 5.41) is 13.6. The van der Waals surface area contributed by atoms with Gasteiger partial charge in [0, 0.05) is 6.20 Å². The van der Waals surface area contributed by atoms with Gasteiger partial charge in [-0.3, -0.25) is 0 Å². The first-order chi connectivity index (χ1) is 9.65. The number of hydrogen-bond donors (Lipinski definition) is 2. The minimum absolute atomic E-state index is 0.0761. The SMILES string of the molecule is CCOC(=O)c1cnc(SC)nc1NC1CCCC1O. The Kier molecular flexibility index (Phi) is 5.19. The molecule has 0 amide bonds. The van der Waals surface area contributed by atoms with E-state index >= 15 is 0 Å². The molecule has 1 aliphatic rings. The molecule has 1 aromatic rings. The van der Waals surface area contributed by atoms with Gasteiger partial charge in [-0.2, -0.15) is 0 Å². The smallest absolute Gasteiger partial charge is 0.343 e. The van der Waals surface area contributed by atoms with Crippen LogP contribution in [-0.2, 0) is 4.74 Å². The van der Waals surface area contributed by atoms with Gasteiger partial charge in [0.1, 0.15) is 11.4 Å². The molecule has 0 saturated heterocycles. The van der Waals surface area contributed by atoms with Gasteiger partial charge >= 0.3 is 5.97 Å². The van der Waals surface area contributed by atoms with Crippen molar-refractivity contribution in [1.82, 2.24) is 9.97 Å². The number of aliphatic hydroxyl groups excluding tert-OH is 1. The second-order valence-corrected chi connectivity index (χ2v) is 5.36. The van der Waals surface area contributed by atoms with Gasteiger partial charge in [0.25, 0.3) is 0 Å². The number of ether oxygens (including phenoxy) is 1. The summed E-state index contributed by atoms with van der Waals surface area (Å²) < 4.78 is 5.01. The minimum Gasteiger partial charge on any atom is -0.462 e. The maximum Gasteiger partial charge on any atom is 0.343 e. The molecule has 0 spiro atoms. The molecule has 6 nitrogen and oxygen atoms in total. The van der Waals surface area contributed by atoms with Crippen molar-refractivity contribution in [2.24, 2.45) is 0 Å². The van der Waals surface area contributed by atoms with Gasteiger partial charge in [-0.15, -0.1) is 0 Å². The molecule has 1 fully saturated rings. The van der Waals surface area contributed by atoms with E-state index in [1.54, 1.807) is 6.92 Å². The van der Waals surface area contributed by atoms with E-state index in [1.165, 1.54) is 18.0 Å². The zero-order valence-corrected chi connectivity index (χ0v) is 12.4. The van der Waals surface area contributed by atoms with Gasteiger partial charge < -0.3 is 15.2 Å². The summed E-state index contributed by atoms with van der Waals surface area (Å²) in [5.74, 6) is -0.0103. The van der Waals surface area contributed by atoms with Crippen LogP contribution in [0.4, 0.5) is 5.82 Å². The Morgan fingerprint density at radius 3 is 3.00 bits per heavy atom. The summed E-state index contributed by atoms with van der Waals surface area (Å²) in [5.41, 5.74) is 0.309. The Hall–Kier alpha value is -1.34. The third kappa shape index (κ3) is 3.40. The summed E-state index contributed by atoms with van der Waals surface area (Å²) in [4.78, 5) is 20.3. The van der Waals surface area contributed by atoms with E-state index in [9.17, 15) is 9.90 Å². The van der Waals surface area contributed by atoms with Gasteiger partial charge in [0.2, 0.25) is 0 Å². The largest absolute Gasteiger partial charge is 0.462 e. The highest BCUT2D eigenvalue weighted by Gasteiger charge is 2.27. The van der Waals surface area contributed by atoms with Crippen LogP contribution in [0.15, 0.2) is 11.4 Å². The molecule has 0 bridgehead atoms. The number of carbonyl (C=O) groups excluding carboxylic acids is 1. The number of anilines is 1. The molecule has 2 N–H and O–H groups in total. The number of rotatable bonds is 5. The third-order valence-electron chi connectivity index (χ3n) is 3.25. The highest BCUT2D eigenvalue weighted by atomic mass is 32.2. The van der Waals surface area contributed by atoms with Crippen molar-refractivity contribution in [2.45, 2.75) is 43.5 Å². The topological polar surface area (TPSA) is 84.3 Å². The normalized spacial score (nSPS) is 21.8. The lowest BCUT2D eigenvalue weighted by Crippen LogP contribution is -2.29. The van der Waals surface area contributed by atoms with Crippen molar-refractivity contribution < 1.29 is 14.6 Å². The van der Waals surface area contributed by atoms with Crippen molar-refractivity contribution in [3.63, 3.8) is 0 Å². The van der Waals surface area contributed by atoms with Crippen LogP contribution >= 0.6 is 11.8 Å². The molecule has 1 saturated carbocycles. The van der Waals surface area contributed by atoms with Crippen molar-refractivity contribution >= 4 is 23.5 Å². The van der Waals surface area contributed by atoms with Gasteiger partial charge in [0.15, 0.2) is 5.16 Å². The maximum absolute atomic E-state index is 11.9.